The molecule has 1 aliphatic rings. The van der Waals surface area contributed by atoms with E-state index in [-0.39, 0.29) is 0 Å². The molecule has 0 amide bonds. The van der Waals surface area contributed by atoms with E-state index in [0.29, 0.717) is 23.3 Å². The minimum absolute atomic E-state index is 0.398. The van der Waals surface area contributed by atoms with E-state index < -0.39 is 5.97 Å². The van der Waals surface area contributed by atoms with Crippen LogP contribution in [0.25, 0.3) is 16.5 Å². The van der Waals surface area contributed by atoms with Gasteiger partial charge in [-0.3, -0.25) is 0 Å². The lowest BCUT2D eigenvalue weighted by Gasteiger charge is -2.02. The van der Waals surface area contributed by atoms with Gasteiger partial charge in [-0.1, -0.05) is 42.5 Å². The largest absolute Gasteiger partial charge is 0.478 e. The number of hydrogen-bond acceptors (Lipinski definition) is 2. The van der Waals surface area contributed by atoms with Crippen molar-refractivity contribution in [2.75, 3.05) is 0 Å². The van der Waals surface area contributed by atoms with Crippen molar-refractivity contribution in [3.8, 4) is 0 Å². The number of rotatable bonds is 2. The van der Waals surface area contributed by atoms with Gasteiger partial charge >= 0.3 is 5.97 Å². The van der Waals surface area contributed by atoms with Crippen LogP contribution in [0, 0.1) is 0 Å². The van der Waals surface area contributed by atoms with Gasteiger partial charge in [-0.25, -0.2) is 4.79 Å². The number of carboxylic acid groups (broad SMARTS) is 1. The summed E-state index contributed by atoms with van der Waals surface area (Å²) in [6.45, 7) is 0. The molecular weight excluding hydrogens is 264 g/mol. The zero-order valence-corrected chi connectivity index (χ0v) is 11.2. The third-order valence-electron chi connectivity index (χ3n) is 3.89. The maximum Gasteiger partial charge on any atom is 0.332 e. The van der Waals surface area contributed by atoms with E-state index in [1.165, 1.54) is 0 Å². The number of aliphatic carboxylic acids is 1. The first kappa shape index (κ1) is 12.0. The molecule has 0 unspecified atom stereocenters. The Morgan fingerprint density at radius 2 is 1.81 bits per heavy atom. The minimum atomic E-state index is -0.887. The summed E-state index contributed by atoms with van der Waals surface area (Å²) in [5.74, 6) is -0.264. The first-order valence-electron chi connectivity index (χ1n) is 6.78. The standard InChI is InChI=1S/C18H12O3/c19-18(20)14-9-11-5-1-3-7-13(11)17(14)16-10-12-6-2-4-8-15(12)21-16/h1-8,10H,9H2,(H,19,20). The van der Waals surface area contributed by atoms with Crippen LogP contribution in [0.5, 0.6) is 0 Å². The lowest BCUT2D eigenvalue weighted by molar-refractivity contribution is -0.132. The van der Waals surface area contributed by atoms with Crippen molar-refractivity contribution in [2.24, 2.45) is 0 Å². The first-order chi connectivity index (χ1) is 10.2. The summed E-state index contributed by atoms with van der Waals surface area (Å²) < 4.78 is 5.87. The highest BCUT2D eigenvalue weighted by atomic mass is 16.4. The molecule has 0 fully saturated rings. The molecule has 3 heteroatoms. The highest BCUT2D eigenvalue weighted by molar-refractivity contribution is 6.04. The van der Waals surface area contributed by atoms with Crippen LogP contribution in [0.1, 0.15) is 16.9 Å². The van der Waals surface area contributed by atoms with Gasteiger partial charge in [-0.2, -0.15) is 0 Å². The summed E-state index contributed by atoms with van der Waals surface area (Å²) in [4.78, 5) is 11.6. The molecule has 0 atom stereocenters. The van der Waals surface area contributed by atoms with Crippen LogP contribution in [0.15, 0.2) is 64.6 Å². The van der Waals surface area contributed by atoms with Gasteiger partial charge in [0.1, 0.15) is 11.3 Å². The maximum atomic E-state index is 11.6. The number of fused-ring (bicyclic) bond motifs is 2. The molecule has 1 N–H and O–H groups in total. The smallest absolute Gasteiger partial charge is 0.332 e. The van der Waals surface area contributed by atoms with E-state index >= 15 is 0 Å². The molecule has 21 heavy (non-hydrogen) atoms. The van der Waals surface area contributed by atoms with Crippen molar-refractivity contribution >= 4 is 22.5 Å². The van der Waals surface area contributed by atoms with Gasteiger partial charge < -0.3 is 9.52 Å². The van der Waals surface area contributed by atoms with E-state index in [0.717, 1.165) is 22.1 Å². The second-order valence-electron chi connectivity index (χ2n) is 5.14. The second-order valence-corrected chi connectivity index (χ2v) is 5.14. The van der Waals surface area contributed by atoms with Gasteiger partial charge in [0.15, 0.2) is 0 Å². The van der Waals surface area contributed by atoms with Crippen LogP contribution < -0.4 is 0 Å². The Morgan fingerprint density at radius 3 is 2.62 bits per heavy atom. The minimum Gasteiger partial charge on any atom is -0.478 e. The van der Waals surface area contributed by atoms with Crippen LogP contribution in [0.3, 0.4) is 0 Å². The van der Waals surface area contributed by atoms with Crippen LogP contribution in [0.4, 0.5) is 0 Å². The molecule has 3 aromatic rings. The summed E-state index contributed by atoms with van der Waals surface area (Å²) in [6, 6.07) is 17.4. The predicted octanol–water partition coefficient (Wildman–Crippen LogP) is 3.88. The lowest BCUT2D eigenvalue weighted by Crippen LogP contribution is -2.01. The van der Waals surface area contributed by atoms with E-state index in [4.69, 9.17) is 4.42 Å². The zero-order chi connectivity index (χ0) is 14.4. The fraction of sp³-hybridized carbons (Fsp3) is 0.0556. The summed E-state index contributed by atoms with van der Waals surface area (Å²) >= 11 is 0. The number of para-hydroxylation sites is 1. The van der Waals surface area contributed by atoms with E-state index in [9.17, 15) is 9.90 Å². The zero-order valence-electron chi connectivity index (χ0n) is 11.2. The third-order valence-corrected chi connectivity index (χ3v) is 3.89. The topological polar surface area (TPSA) is 50.4 Å². The molecule has 0 saturated carbocycles. The van der Waals surface area contributed by atoms with Gasteiger partial charge in [-0.15, -0.1) is 0 Å². The molecule has 2 aromatic carbocycles. The fourth-order valence-corrected chi connectivity index (χ4v) is 2.93. The predicted molar refractivity (Wildman–Crippen MR) is 80.0 cm³/mol. The Labute approximate surface area is 121 Å². The summed E-state index contributed by atoms with van der Waals surface area (Å²) in [7, 11) is 0. The van der Waals surface area contributed by atoms with Gasteiger partial charge in [0, 0.05) is 17.4 Å². The lowest BCUT2D eigenvalue weighted by atomic mass is 10.0. The SMILES string of the molecule is O=C(O)C1=C(c2cc3ccccc3o2)c2ccccc2C1. The Morgan fingerprint density at radius 1 is 1.05 bits per heavy atom. The number of hydrogen-bond donors (Lipinski definition) is 1. The van der Waals surface area contributed by atoms with Crippen molar-refractivity contribution in [1.29, 1.82) is 0 Å². The molecule has 0 radical (unpaired) electrons. The van der Waals surface area contributed by atoms with Crippen LogP contribution in [-0.4, -0.2) is 11.1 Å². The Hall–Kier alpha value is -2.81. The highest BCUT2D eigenvalue weighted by Gasteiger charge is 2.28. The average molecular weight is 276 g/mol. The second kappa shape index (κ2) is 4.35. The Bertz CT molecular complexity index is 866. The Kier molecular flexibility index (Phi) is 2.48. The molecular formula is C18H12O3. The molecule has 1 aromatic heterocycles. The van der Waals surface area contributed by atoms with Crippen LogP contribution >= 0.6 is 0 Å². The molecule has 1 heterocycles. The van der Waals surface area contributed by atoms with Gasteiger partial charge in [0.05, 0.1) is 5.57 Å². The maximum absolute atomic E-state index is 11.6. The molecule has 0 aliphatic heterocycles. The number of furan rings is 1. The number of carboxylic acids is 1. The normalized spacial score (nSPS) is 13.7. The molecule has 3 nitrogen and oxygen atoms in total. The third kappa shape index (κ3) is 1.78. The van der Waals surface area contributed by atoms with Crippen molar-refractivity contribution in [2.45, 2.75) is 6.42 Å². The molecule has 4 rings (SSSR count). The quantitative estimate of drug-likeness (QED) is 0.772. The van der Waals surface area contributed by atoms with Crippen molar-refractivity contribution in [3.63, 3.8) is 0 Å². The van der Waals surface area contributed by atoms with Crippen molar-refractivity contribution in [1.82, 2.24) is 0 Å². The molecule has 102 valence electrons. The van der Waals surface area contributed by atoms with Crippen LogP contribution in [0.2, 0.25) is 0 Å². The van der Waals surface area contributed by atoms with Crippen LogP contribution in [-0.2, 0) is 11.2 Å². The fourth-order valence-electron chi connectivity index (χ4n) is 2.93. The van der Waals surface area contributed by atoms with Crippen molar-refractivity contribution in [3.05, 3.63) is 77.1 Å². The highest BCUT2D eigenvalue weighted by Crippen LogP contribution is 2.39. The number of carbonyl (C=O) groups is 1. The summed E-state index contributed by atoms with van der Waals surface area (Å²) in [5, 5.41) is 10.5. The number of benzene rings is 2. The van der Waals surface area contributed by atoms with E-state index in [1.54, 1.807) is 0 Å². The summed E-state index contributed by atoms with van der Waals surface area (Å²) in [6.07, 6.45) is 0.442. The molecule has 0 spiro atoms. The van der Waals surface area contributed by atoms with Gasteiger partial charge in [0.2, 0.25) is 0 Å². The molecule has 0 bridgehead atoms. The monoisotopic (exact) mass is 276 g/mol. The molecule has 0 saturated heterocycles. The average Bonchev–Trinajstić information content (AvgIpc) is 3.07. The first-order valence-corrected chi connectivity index (χ1v) is 6.78. The van der Waals surface area contributed by atoms with E-state index in [2.05, 4.69) is 0 Å². The van der Waals surface area contributed by atoms with Gasteiger partial charge in [-0.05, 0) is 23.3 Å². The van der Waals surface area contributed by atoms with Gasteiger partial charge in [0.25, 0.3) is 0 Å². The van der Waals surface area contributed by atoms with E-state index in [1.807, 2.05) is 54.6 Å². The summed E-state index contributed by atoms with van der Waals surface area (Å²) in [5.41, 5.74) is 3.86. The van der Waals surface area contributed by atoms with Crippen molar-refractivity contribution < 1.29 is 14.3 Å². The molecule has 1 aliphatic carbocycles. The Balaban J connectivity index is 1.98.